The van der Waals surface area contributed by atoms with E-state index in [9.17, 15) is 0 Å². The SMILES string of the molecule is Clc1ccc(C2=NN[C@H](c3cn(-c4ccccc4)nc3-c3ccccc3)C2)cc1. The molecule has 1 atom stereocenters. The fourth-order valence-corrected chi connectivity index (χ4v) is 3.75. The number of rotatable bonds is 4. The average molecular weight is 399 g/mol. The van der Waals surface area contributed by atoms with Crippen LogP contribution < -0.4 is 5.43 Å². The first-order valence-electron chi connectivity index (χ1n) is 9.56. The lowest BCUT2D eigenvalue weighted by molar-refractivity contribution is 0.621. The number of hydrogen-bond acceptors (Lipinski definition) is 3. The summed E-state index contributed by atoms with van der Waals surface area (Å²) >= 11 is 6.03. The van der Waals surface area contributed by atoms with Gasteiger partial charge in [0.2, 0.25) is 0 Å². The third-order valence-corrected chi connectivity index (χ3v) is 5.37. The van der Waals surface area contributed by atoms with Crippen LogP contribution in [0.25, 0.3) is 16.9 Å². The van der Waals surface area contributed by atoms with E-state index in [4.69, 9.17) is 16.7 Å². The summed E-state index contributed by atoms with van der Waals surface area (Å²) in [6.45, 7) is 0. The molecule has 3 aromatic carbocycles. The van der Waals surface area contributed by atoms with Gasteiger partial charge in [-0.2, -0.15) is 10.2 Å². The van der Waals surface area contributed by atoms with Crippen molar-refractivity contribution in [1.82, 2.24) is 15.2 Å². The van der Waals surface area contributed by atoms with Gasteiger partial charge in [-0.15, -0.1) is 0 Å². The third-order valence-electron chi connectivity index (χ3n) is 5.12. The van der Waals surface area contributed by atoms with Gasteiger partial charge in [0.05, 0.1) is 23.1 Å². The number of benzene rings is 3. The average Bonchev–Trinajstić information content (AvgIpc) is 3.43. The van der Waals surface area contributed by atoms with E-state index in [0.717, 1.165) is 45.2 Å². The van der Waals surface area contributed by atoms with E-state index >= 15 is 0 Å². The van der Waals surface area contributed by atoms with Crippen molar-refractivity contribution in [3.05, 3.63) is 107 Å². The summed E-state index contributed by atoms with van der Waals surface area (Å²) in [5.41, 5.74) is 9.66. The van der Waals surface area contributed by atoms with Crippen LogP contribution in [0, 0.1) is 0 Å². The highest BCUT2D eigenvalue weighted by Gasteiger charge is 2.26. The highest BCUT2D eigenvalue weighted by molar-refractivity contribution is 6.30. The normalized spacial score (nSPS) is 15.8. The number of halogens is 1. The molecule has 0 saturated carbocycles. The van der Waals surface area contributed by atoms with Crippen molar-refractivity contribution in [2.75, 3.05) is 0 Å². The molecule has 142 valence electrons. The molecular weight excluding hydrogens is 380 g/mol. The molecule has 0 saturated heterocycles. The van der Waals surface area contributed by atoms with E-state index < -0.39 is 0 Å². The van der Waals surface area contributed by atoms with Crippen LogP contribution in [0.3, 0.4) is 0 Å². The zero-order valence-electron chi connectivity index (χ0n) is 15.7. The zero-order chi connectivity index (χ0) is 19.6. The Balaban J connectivity index is 1.51. The molecule has 4 aromatic rings. The van der Waals surface area contributed by atoms with Crippen molar-refractivity contribution in [3.8, 4) is 16.9 Å². The number of nitrogens with one attached hydrogen (secondary N) is 1. The third kappa shape index (κ3) is 3.55. The highest BCUT2D eigenvalue weighted by Crippen LogP contribution is 2.33. The van der Waals surface area contributed by atoms with Gasteiger partial charge >= 0.3 is 0 Å². The van der Waals surface area contributed by atoms with Crippen LogP contribution in [0.4, 0.5) is 0 Å². The Labute approximate surface area is 174 Å². The maximum absolute atomic E-state index is 6.03. The van der Waals surface area contributed by atoms with E-state index in [0.29, 0.717) is 0 Å². The van der Waals surface area contributed by atoms with Crippen molar-refractivity contribution >= 4 is 17.3 Å². The summed E-state index contributed by atoms with van der Waals surface area (Å²) < 4.78 is 1.94. The molecule has 0 radical (unpaired) electrons. The quantitative estimate of drug-likeness (QED) is 0.484. The minimum Gasteiger partial charge on any atom is -0.302 e. The standard InChI is InChI=1S/C24H19ClN4/c25-19-13-11-17(12-14-19)22-15-23(27-26-22)21-16-29(20-9-5-2-6-10-20)28-24(21)18-7-3-1-4-8-18/h1-14,16,23,27H,15H2/t23-/m0/s1. The number of aromatic nitrogens is 2. The summed E-state index contributed by atoms with van der Waals surface area (Å²) in [7, 11) is 0. The molecule has 0 bridgehead atoms. The number of hydrazone groups is 1. The second-order valence-corrected chi connectivity index (χ2v) is 7.47. The first kappa shape index (κ1) is 17.7. The molecule has 1 aromatic heterocycles. The van der Waals surface area contributed by atoms with E-state index in [1.807, 2.05) is 65.3 Å². The molecular formula is C24H19ClN4. The lowest BCUT2D eigenvalue weighted by atomic mass is 9.97. The number of nitrogens with zero attached hydrogens (tertiary/aromatic N) is 3. The van der Waals surface area contributed by atoms with E-state index in [1.54, 1.807) is 0 Å². The lowest BCUT2D eigenvalue weighted by Crippen LogP contribution is -2.10. The van der Waals surface area contributed by atoms with Gasteiger partial charge in [-0.05, 0) is 29.8 Å². The molecule has 1 N–H and O–H groups in total. The minimum atomic E-state index is 0.0633. The number of para-hydroxylation sites is 1. The maximum Gasteiger partial charge on any atom is 0.0981 e. The van der Waals surface area contributed by atoms with Crippen LogP contribution >= 0.6 is 11.6 Å². The fraction of sp³-hybridized carbons (Fsp3) is 0.0833. The van der Waals surface area contributed by atoms with Gasteiger partial charge in [0.15, 0.2) is 0 Å². The van der Waals surface area contributed by atoms with Gasteiger partial charge in [-0.25, -0.2) is 4.68 Å². The van der Waals surface area contributed by atoms with Gasteiger partial charge in [0, 0.05) is 28.8 Å². The van der Waals surface area contributed by atoms with Crippen molar-refractivity contribution in [1.29, 1.82) is 0 Å². The Kier molecular flexibility index (Phi) is 4.62. The second kappa shape index (κ2) is 7.57. The smallest absolute Gasteiger partial charge is 0.0981 e. The summed E-state index contributed by atoms with van der Waals surface area (Å²) in [6.07, 6.45) is 2.90. The molecule has 1 aliphatic heterocycles. The molecule has 4 nitrogen and oxygen atoms in total. The topological polar surface area (TPSA) is 42.2 Å². The Morgan fingerprint density at radius 3 is 2.24 bits per heavy atom. The number of hydrogen-bond donors (Lipinski definition) is 1. The van der Waals surface area contributed by atoms with Gasteiger partial charge < -0.3 is 5.43 Å². The molecule has 1 aliphatic rings. The summed E-state index contributed by atoms with van der Waals surface area (Å²) in [5.74, 6) is 0. The van der Waals surface area contributed by atoms with Crippen molar-refractivity contribution in [3.63, 3.8) is 0 Å². The predicted molar refractivity (Wildman–Crippen MR) is 117 cm³/mol. The summed E-state index contributed by atoms with van der Waals surface area (Å²) in [4.78, 5) is 0. The van der Waals surface area contributed by atoms with Crippen molar-refractivity contribution in [2.45, 2.75) is 12.5 Å². The van der Waals surface area contributed by atoms with E-state index in [-0.39, 0.29) is 6.04 Å². The molecule has 5 heteroatoms. The molecule has 5 rings (SSSR count). The van der Waals surface area contributed by atoms with Crippen molar-refractivity contribution < 1.29 is 0 Å². The molecule has 0 spiro atoms. The molecule has 29 heavy (non-hydrogen) atoms. The molecule has 2 heterocycles. The van der Waals surface area contributed by atoms with Gasteiger partial charge in [0.1, 0.15) is 0 Å². The Bertz CT molecular complexity index is 1150. The Morgan fingerprint density at radius 1 is 0.828 bits per heavy atom. The summed E-state index contributed by atoms with van der Waals surface area (Å²) in [5, 5.41) is 10.2. The first-order chi connectivity index (χ1) is 14.3. The monoisotopic (exact) mass is 398 g/mol. The molecule has 0 amide bonds. The van der Waals surface area contributed by atoms with Crippen LogP contribution in [0.1, 0.15) is 23.6 Å². The van der Waals surface area contributed by atoms with Crippen LogP contribution in [-0.4, -0.2) is 15.5 Å². The first-order valence-corrected chi connectivity index (χ1v) is 9.94. The molecule has 0 aliphatic carbocycles. The van der Waals surface area contributed by atoms with Crippen molar-refractivity contribution in [2.24, 2.45) is 5.10 Å². The van der Waals surface area contributed by atoms with Crippen LogP contribution in [0.5, 0.6) is 0 Å². The molecule has 0 unspecified atom stereocenters. The fourth-order valence-electron chi connectivity index (χ4n) is 3.62. The van der Waals surface area contributed by atoms with Gasteiger partial charge in [-0.3, -0.25) is 0 Å². The van der Waals surface area contributed by atoms with E-state index in [2.05, 4.69) is 41.0 Å². The Morgan fingerprint density at radius 2 is 1.52 bits per heavy atom. The van der Waals surface area contributed by atoms with Gasteiger partial charge in [0.25, 0.3) is 0 Å². The predicted octanol–water partition coefficient (Wildman–Crippen LogP) is 5.63. The second-order valence-electron chi connectivity index (χ2n) is 7.03. The lowest BCUT2D eigenvalue weighted by Gasteiger charge is -2.10. The zero-order valence-corrected chi connectivity index (χ0v) is 16.4. The minimum absolute atomic E-state index is 0.0633. The van der Waals surface area contributed by atoms with Crippen LogP contribution in [0.15, 0.2) is 96.2 Å². The molecule has 0 fully saturated rings. The summed E-state index contributed by atoms with van der Waals surface area (Å²) in [6, 6.07) is 28.3. The van der Waals surface area contributed by atoms with Gasteiger partial charge in [-0.1, -0.05) is 72.3 Å². The van der Waals surface area contributed by atoms with Crippen LogP contribution in [0.2, 0.25) is 5.02 Å². The van der Waals surface area contributed by atoms with Crippen LogP contribution in [-0.2, 0) is 0 Å². The Hall–Kier alpha value is -3.37. The maximum atomic E-state index is 6.03. The van der Waals surface area contributed by atoms with E-state index in [1.165, 1.54) is 0 Å². The largest absolute Gasteiger partial charge is 0.302 e. The highest BCUT2D eigenvalue weighted by atomic mass is 35.5.